The molecule has 0 radical (unpaired) electrons. The highest BCUT2D eigenvalue weighted by atomic mass is 79.9. The van der Waals surface area contributed by atoms with Crippen LogP contribution in [0.5, 0.6) is 0 Å². The van der Waals surface area contributed by atoms with Gasteiger partial charge in [0.15, 0.2) is 11.6 Å². The van der Waals surface area contributed by atoms with Gasteiger partial charge in [0.05, 0.1) is 22.4 Å². The number of carbonyl (C=O) groups is 3. The standard InChI is InChI=1S/C21H12Br2N2O3/c22-10-7-8-11(14(23)9-10)21(28)25-16-6-2-4-13-18(16)20(27)12-3-1-5-15(24)17(12)19(13)26/h1-9H,24H2,(H,25,28). The third-order valence-electron chi connectivity index (χ3n) is 4.53. The molecule has 3 N–H and O–H groups in total. The van der Waals surface area contributed by atoms with Gasteiger partial charge in [0.1, 0.15) is 0 Å². The van der Waals surface area contributed by atoms with Crippen LogP contribution >= 0.6 is 31.9 Å². The van der Waals surface area contributed by atoms with Gasteiger partial charge in [-0.25, -0.2) is 0 Å². The maximum absolute atomic E-state index is 13.1. The Labute approximate surface area is 177 Å². The summed E-state index contributed by atoms with van der Waals surface area (Å²) in [6, 6.07) is 14.7. The zero-order valence-electron chi connectivity index (χ0n) is 14.3. The molecule has 28 heavy (non-hydrogen) atoms. The molecular formula is C21H12Br2N2O3. The van der Waals surface area contributed by atoms with E-state index in [2.05, 4.69) is 37.2 Å². The van der Waals surface area contributed by atoms with E-state index in [0.29, 0.717) is 10.0 Å². The van der Waals surface area contributed by atoms with Gasteiger partial charge in [0.2, 0.25) is 0 Å². The van der Waals surface area contributed by atoms with Gasteiger partial charge in [-0.2, -0.15) is 0 Å². The molecule has 7 heteroatoms. The highest BCUT2D eigenvalue weighted by molar-refractivity contribution is 9.11. The fourth-order valence-electron chi connectivity index (χ4n) is 3.24. The van der Waals surface area contributed by atoms with E-state index in [1.807, 2.05) is 0 Å². The van der Waals surface area contributed by atoms with Gasteiger partial charge in [-0.3, -0.25) is 14.4 Å². The van der Waals surface area contributed by atoms with Crippen molar-refractivity contribution in [1.82, 2.24) is 0 Å². The molecule has 0 bridgehead atoms. The summed E-state index contributed by atoms with van der Waals surface area (Å²) < 4.78 is 1.42. The molecule has 0 saturated heterocycles. The summed E-state index contributed by atoms with van der Waals surface area (Å²) in [5, 5.41) is 2.75. The predicted octanol–water partition coefficient (Wildman–Crippen LogP) is 4.82. The minimum absolute atomic E-state index is 0.173. The molecular weight excluding hydrogens is 488 g/mol. The first kappa shape index (κ1) is 18.6. The number of ketones is 2. The normalized spacial score (nSPS) is 12.4. The summed E-state index contributed by atoms with van der Waals surface area (Å²) in [5.41, 5.74) is 7.71. The molecule has 0 unspecified atom stereocenters. The van der Waals surface area contributed by atoms with Crippen LogP contribution < -0.4 is 11.1 Å². The molecule has 0 aromatic heterocycles. The molecule has 4 rings (SSSR count). The van der Waals surface area contributed by atoms with E-state index < -0.39 is 5.91 Å². The quantitative estimate of drug-likeness (QED) is 0.387. The first-order valence-corrected chi connectivity index (χ1v) is 9.84. The van der Waals surface area contributed by atoms with E-state index in [-0.39, 0.29) is 45.2 Å². The SMILES string of the molecule is Nc1cccc2c1C(=O)c1cccc(NC(=O)c3ccc(Br)cc3Br)c1C2=O. The second kappa shape index (κ2) is 7.00. The molecule has 0 aliphatic heterocycles. The van der Waals surface area contributed by atoms with Crippen LogP contribution in [0, 0.1) is 0 Å². The molecule has 3 aromatic rings. The maximum atomic E-state index is 13.1. The lowest BCUT2D eigenvalue weighted by Crippen LogP contribution is -2.25. The van der Waals surface area contributed by atoms with Crippen molar-refractivity contribution in [2.24, 2.45) is 0 Å². The Kier molecular flexibility index (Phi) is 4.64. The molecule has 1 aliphatic carbocycles. The number of fused-ring (bicyclic) bond motifs is 2. The van der Waals surface area contributed by atoms with Crippen molar-refractivity contribution in [1.29, 1.82) is 0 Å². The summed E-state index contributed by atoms with van der Waals surface area (Å²) in [4.78, 5) is 38.7. The van der Waals surface area contributed by atoms with Crippen LogP contribution in [0.4, 0.5) is 11.4 Å². The van der Waals surface area contributed by atoms with E-state index in [0.717, 1.165) is 4.47 Å². The number of amides is 1. The maximum Gasteiger partial charge on any atom is 0.256 e. The van der Waals surface area contributed by atoms with Gasteiger partial charge in [-0.1, -0.05) is 40.2 Å². The fourth-order valence-corrected chi connectivity index (χ4v) is 4.46. The summed E-state index contributed by atoms with van der Waals surface area (Å²) in [6.07, 6.45) is 0. The van der Waals surface area contributed by atoms with Crippen LogP contribution in [-0.2, 0) is 0 Å². The minimum Gasteiger partial charge on any atom is -0.398 e. The van der Waals surface area contributed by atoms with Crippen molar-refractivity contribution in [3.05, 3.63) is 91.4 Å². The molecule has 0 atom stereocenters. The molecule has 1 amide bonds. The molecule has 0 saturated carbocycles. The third kappa shape index (κ3) is 2.96. The van der Waals surface area contributed by atoms with Crippen LogP contribution in [0.1, 0.15) is 42.2 Å². The summed E-state index contributed by atoms with van der Waals surface area (Å²) in [7, 11) is 0. The Hall–Kier alpha value is -2.77. The van der Waals surface area contributed by atoms with Crippen molar-refractivity contribution in [2.45, 2.75) is 0 Å². The first-order valence-electron chi connectivity index (χ1n) is 8.26. The lowest BCUT2D eigenvalue weighted by Gasteiger charge is -2.21. The van der Waals surface area contributed by atoms with Crippen molar-refractivity contribution in [2.75, 3.05) is 11.1 Å². The number of hydrogen-bond donors (Lipinski definition) is 2. The predicted molar refractivity (Wildman–Crippen MR) is 114 cm³/mol. The molecule has 0 spiro atoms. The zero-order chi connectivity index (χ0) is 20.0. The Bertz CT molecular complexity index is 1190. The molecule has 0 fully saturated rings. The molecule has 138 valence electrons. The number of nitrogen functional groups attached to an aromatic ring is 1. The number of carbonyl (C=O) groups excluding carboxylic acids is 3. The number of hydrogen-bond acceptors (Lipinski definition) is 4. The Morgan fingerprint density at radius 3 is 2.21 bits per heavy atom. The highest BCUT2D eigenvalue weighted by Gasteiger charge is 2.33. The highest BCUT2D eigenvalue weighted by Crippen LogP contribution is 2.34. The minimum atomic E-state index is -0.397. The lowest BCUT2D eigenvalue weighted by molar-refractivity contribution is 0.0979. The molecule has 3 aromatic carbocycles. The monoisotopic (exact) mass is 498 g/mol. The van der Waals surface area contributed by atoms with Gasteiger partial charge in [0, 0.05) is 25.8 Å². The Balaban J connectivity index is 1.79. The summed E-state index contributed by atoms with van der Waals surface area (Å²) in [5.74, 6) is -1.07. The number of nitrogens with two attached hydrogens (primary N) is 1. The van der Waals surface area contributed by atoms with Gasteiger partial charge in [-0.15, -0.1) is 0 Å². The van der Waals surface area contributed by atoms with Crippen LogP contribution in [0.3, 0.4) is 0 Å². The third-order valence-corrected chi connectivity index (χ3v) is 5.68. The summed E-state index contributed by atoms with van der Waals surface area (Å²) in [6.45, 7) is 0. The van der Waals surface area contributed by atoms with E-state index in [1.54, 1.807) is 54.6 Å². The van der Waals surface area contributed by atoms with Crippen LogP contribution in [0.15, 0.2) is 63.5 Å². The molecule has 5 nitrogen and oxygen atoms in total. The summed E-state index contributed by atoms with van der Waals surface area (Å²) >= 11 is 6.70. The first-order chi connectivity index (χ1) is 13.4. The number of halogens is 2. The van der Waals surface area contributed by atoms with Crippen LogP contribution in [0.25, 0.3) is 0 Å². The Morgan fingerprint density at radius 2 is 1.50 bits per heavy atom. The molecule has 0 heterocycles. The largest absolute Gasteiger partial charge is 0.398 e. The van der Waals surface area contributed by atoms with Gasteiger partial charge in [-0.05, 0) is 46.3 Å². The second-order valence-corrected chi connectivity index (χ2v) is 8.00. The zero-order valence-corrected chi connectivity index (χ0v) is 17.4. The van der Waals surface area contributed by atoms with E-state index in [4.69, 9.17) is 5.73 Å². The van der Waals surface area contributed by atoms with Crippen LogP contribution in [-0.4, -0.2) is 17.5 Å². The second-order valence-electron chi connectivity index (χ2n) is 6.23. The smallest absolute Gasteiger partial charge is 0.256 e. The number of benzene rings is 3. The van der Waals surface area contributed by atoms with Gasteiger partial charge < -0.3 is 11.1 Å². The van der Waals surface area contributed by atoms with Crippen LogP contribution in [0.2, 0.25) is 0 Å². The van der Waals surface area contributed by atoms with Gasteiger partial charge in [0.25, 0.3) is 5.91 Å². The Morgan fingerprint density at radius 1 is 0.857 bits per heavy atom. The fraction of sp³-hybridized carbons (Fsp3) is 0. The van der Waals surface area contributed by atoms with E-state index in [9.17, 15) is 14.4 Å². The number of rotatable bonds is 2. The molecule has 1 aliphatic rings. The topological polar surface area (TPSA) is 89.3 Å². The number of anilines is 2. The van der Waals surface area contributed by atoms with Crippen molar-refractivity contribution >= 4 is 60.7 Å². The lowest BCUT2D eigenvalue weighted by atomic mass is 9.82. The van der Waals surface area contributed by atoms with Crippen molar-refractivity contribution in [3.63, 3.8) is 0 Å². The number of nitrogens with one attached hydrogen (secondary N) is 1. The average Bonchev–Trinajstić information content (AvgIpc) is 2.65. The van der Waals surface area contributed by atoms with E-state index in [1.165, 1.54) is 0 Å². The van der Waals surface area contributed by atoms with E-state index >= 15 is 0 Å². The van der Waals surface area contributed by atoms with Gasteiger partial charge >= 0.3 is 0 Å². The van der Waals surface area contributed by atoms with Crippen molar-refractivity contribution in [3.8, 4) is 0 Å². The average molecular weight is 500 g/mol. The van der Waals surface area contributed by atoms with Crippen molar-refractivity contribution < 1.29 is 14.4 Å².